The van der Waals surface area contributed by atoms with Crippen LogP contribution in [0.3, 0.4) is 0 Å². The fraction of sp³-hybridized carbons (Fsp3) is 0.833. The summed E-state index contributed by atoms with van der Waals surface area (Å²) >= 11 is 0. The van der Waals surface area contributed by atoms with Crippen LogP contribution in [0.25, 0.3) is 0 Å². The predicted molar refractivity (Wildman–Crippen MR) is 198 cm³/mol. The molecule has 0 radical (unpaired) electrons. The molecule has 40 nitrogen and oxygen atoms in total. The maximum absolute atomic E-state index is 10.1. The van der Waals surface area contributed by atoms with E-state index >= 15 is 0 Å². The van der Waals surface area contributed by atoms with Gasteiger partial charge in [-0.15, -0.1) is 0 Å². The van der Waals surface area contributed by atoms with E-state index in [9.17, 15) is 49.5 Å². The molecule has 0 saturated carbocycles. The van der Waals surface area contributed by atoms with Gasteiger partial charge < -0.3 is 203 Å². The molecular formula is C30H55AlMgO40. The third-order valence-electron chi connectivity index (χ3n) is 8.09. The summed E-state index contributed by atoms with van der Waals surface area (Å²) in [6.07, 6.45) is -33.7. The molecule has 0 aromatic carbocycles. The molecule has 0 rings (SSSR count). The summed E-state index contributed by atoms with van der Waals surface area (Å²) < 4.78 is 0. The van der Waals surface area contributed by atoms with Gasteiger partial charge in [0, 0.05) is 0 Å². The number of rotatable bonds is 25. The molecule has 420 valence electrons. The van der Waals surface area contributed by atoms with Crippen molar-refractivity contribution < 1.29 is 203 Å². The molecule has 0 heterocycles. The molecular weight excluding hydrogens is 1050 g/mol. The van der Waals surface area contributed by atoms with Crippen LogP contribution < -0.4 is 25.5 Å². The first-order chi connectivity index (χ1) is 31.2. The fourth-order valence-corrected chi connectivity index (χ4v) is 3.39. The average molecular weight is 1110 g/mol. The van der Waals surface area contributed by atoms with Gasteiger partial charge in [0.05, 0.1) is 33.0 Å². The number of aliphatic hydroxyl groups excluding tert-OH is 20. The van der Waals surface area contributed by atoms with Crippen LogP contribution >= 0.6 is 0 Å². The molecule has 0 aliphatic carbocycles. The van der Waals surface area contributed by atoms with Gasteiger partial charge in [0.25, 0.3) is 0 Å². The van der Waals surface area contributed by atoms with E-state index in [-0.39, 0.29) is 40.4 Å². The molecule has 0 aromatic heterocycles. The number of aliphatic hydroxyl groups is 30. The minimum atomic E-state index is -3.70. The molecule has 15 atom stereocenters. The summed E-state index contributed by atoms with van der Waals surface area (Å²) in [5, 5.41) is 311. The van der Waals surface area contributed by atoms with E-state index in [4.69, 9.17) is 153 Å². The van der Waals surface area contributed by atoms with Gasteiger partial charge in [0.15, 0.2) is 0 Å². The van der Waals surface area contributed by atoms with E-state index < -0.39 is 183 Å². The zero-order valence-electron chi connectivity index (χ0n) is 36.0. The molecule has 0 fully saturated rings. The molecule has 0 aromatic rings. The molecule has 30 N–H and O–H groups in total. The SMILES string of the molecule is O=C([O-])C(O)(O)[C@@H](O)[C@H](O)[C@H](O)CO.O=C([O-])C(O)(O)[C@@H](O)[C@H](O)[C@H](O)CO.O=C([O-])C(O)(O)[C@@H](O)[C@H](O)[C@H](O)CO.O=C([O-])C(O)(O)[C@@H](O)[C@H](O)[C@H](O)CO.O=C([O-])C(O)(O)[C@@H](O)[C@H](O)[C@H](O)CO.[Al+3].[Mg+2]. The first-order valence-corrected chi connectivity index (χ1v) is 17.8. The maximum atomic E-state index is 10.1. The summed E-state index contributed by atoms with van der Waals surface area (Å²) in [5.41, 5.74) is 0. The molecule has 0 aliphatic rings. The predicted octanol–water partition coefficient (Wildman–Crippen LogP) is -28.3. The van der Waals surface area contributed by atoms with E-state index in [1.165, 1.54) is 0 Å². The van der Waals surface area contributed by atoms with E-state index in [1.54, 1.807) is 0 Å². The molecule has 0 bridgehead atoms. The standard InChI is InChI=1S/5C6H12O8.Al.Mg/c5*7-1-2(8)3(9)4(10)6(13,14)5(11)12;;/h5*2-4,7-10,13-14H,1H2,(H,11,12);;/q;;;;;+3;+2/p-5/t5*2-,3-,4+;;/m11111../s1. The van der Waals surface area contributed by atoms with Crippen molar-refractivity contribution in [3.63, 3.8) is 0 Å². The number of hydrogen-bond acceptors (Lipinski definition) is 40. The number of aliphatic carboxylic acids is 5. The van der Waals surface area contributed by atoms with E-state index in [0.29, 0.717) is 0 Å². The Morgan fingerprint density at radius 3 is 0.417 bits per heavy atom. The first kappa shape index (κ1) is 83.4. The van der Waals surface area contributed by atoms with E-state index in [2.05, 4.69) is 0 Å². The summed E-state index contributed by atoms with van der Waals surface area (Å²) in [7, 11) is 0. The Labute approximate surface area is 425 Å². The van der Waals surface area contributed by atoms with Crippen LogP contribution in [0.15, 0.2) is 0 Å². The minimum absolute atomic E-state index is 0. The summed E-state index contributed by atoms with van der Waals surface area (Å²) in [6.45, 7) is -4.92. The van der Waals surface area contributed by atoms with Crippen LogP contribution in [0.4, 0.5) is 0 Å². The van der Waals surface area contributed by atoms with Crippen molar-refractivity contribution in [2.75, 3.05) is 33.0 Å². The van der Waals surface area contributed by atoms with Crippen molar-refractivity contribution in [2.24, 2.45) is 0 Å². The second-order valence-corrected chi connectivity index (χ2v) is 13.5. The number of carbonyl (C=O) groups excluding carboxylic acids is 5. The van der Waals surface area contributed by atoms with Gasteiger partial charge in [-0.25, -0.2) is 0 Å². The number of carboxylic acids is 5. The van der Waals surface area contributed by atoms with E-state index in [1.807, 2.05) is 0 Å². The molecule has 0 unspecified atom stereocenters. The van der Waals surface area contributed by atoms with Gasteiger partial charge in [-0.2, -0.15) is 0 Å². The molecule has 0 aliphatic heterocycles. The second kappa shape index (κ2) is 36.4. The molecule has 42 heteroatoms. The Morgan fingerprint density at radius 1 is 0.278 bits per heavy atom. The van der Waals surface area contributed by atoms with E-state index in [0.717, 1.165) is 0 Å². The van der Waals surface area contributed by atoms with Gasteiger partial charge in [0.2, 0.25) is 28.9 Å². The quantitative estimate of drug-likeness (QED) is 0.0298. The Balaban J connectivity index is -0.000000146. The topological polar surface area (TPSA) is 808 Å². The second-order valence-electron chi connectivity index (χ2n) is 13.5. The Hall–Kier alpha value is -2.55. The van der Waals surface area contributed by atoms with Crippen LogP contribution in [-0.4, -0.2) is 377 Å². The van der Waals surface area contributed by atoms with Crippen molar-refractivity contribution in [1.29, 1.82) is 0 Å². The molecule has 72 heavy (non-hydrogen) atoms. The van der Waals surface area contributed by atoms with Crippen molar-refractivity contribution in [3.8, 4) is 0 Å². The maximum Gasteiger partial charge on any atom is 3.00 e. The smallest absolute Gasteiger partial charge is 0.544 e. The summed E-state index contributed by atoms with van der Waals surface area (Å²) in [6, 6.07) is 0. The third-order valence-corrected chi connectivity index (χ3v) is 8.09. The largest absolute Gasteiger partial charge is 3.00 e. The van der Waals surface area contributed by atoms with Crippen LogP contribution in [-0.2, 0) is 24.0 Å². The first-order valence-electron chi connectivity index (χ1n) is 17.8. The Kier molecular flexibility index (Phi) is 42.2. The normalized spacial score (nSPS) is 18.2. The number of carboxylic acid groups (broad SMARTS) is 5. The van der Waals surface area contributed by atoms with Gasteiger partial charge in [-0.05, 0) is 0 Å². The summed E-state index contributed by atoms with van der Waals surface area (Å²) in [4.78, 5) is 50.3. The van der Waals surface area contributed by atoms with Crippen molar-refractivity contribution in [2.45, 2.75) is 120 Å². The van der Waals surface area contributed by atoms with Gasteiger partial charge in [0.1, 0.15) is 121 Å². The van der Waals surface area contributed by atoms with Crippen molar-refractivity contribution in [1.82, 2.24) is 0 Å². The van der Waals surface area contributed by atoms with Crippen LogP contribution in [0.1, 0.15) is 0 Å². The van der Waals surface area contributed by atoms with Crippen molar-refractivity contribution >= 4 is 70.3 Å². The fourth-order valence-electron chi connectivity index (χ4n) is 3.39. The number of carbonyl (C=O) groups is 5. The monoisotopic (exact) mass is 1110 g/mol. The van der Waals surface area contributed by atoms with Crippen LogP contribution in [0.2, 0.25) is 0 Å². The van der Waals surface area contributed by atoms with Crippen LogP contribution in [0.5, 0.6) is 0 Å². The summed E-state index contributed by atoms with van der Waals surface area (Å²) in [5.74, 6) is -30.7. The van der Waals surface area contributed by atoms with Crippen molar-refractivity contribution in [3.05, 3.63) is 0 Å². The zero-order valence-corrected chi connectivity index (χ0v) is 38.5. The number of hydrogen-bond donors (Lipinski definition) is 30. The molecule has 0 spiro atoms. The molecule has 0 saturated heterocycles. The minimum Gasteiger partial charge on any atom is -0.544 e. The molecule has 0 amide bonds. The van der Waals surface area contributed by atoms with Gasteiger partial charge in [-0.1, -0.05) is 0 Å². The van der Waals surface area contributed by atoms with Gasteiger partial charge in [-0.3, -0.25) is 0 Å². The van der Waals surface area contributed by atoms with Gasteiger partial charge >= 0.3 is 40.4 Å². The third kappa shape index (κ3) is 25.8. The zero-order chi connectivity index (χ0) is 57.6. The van der Waals surface area contributed by atoms with Crippen LogP contribution in [0, 0.1) is 0 Å². The Bertz CT molecular complexity index is 1280. The average Bonchev–Trinajstić information content (AvgIpc) is 3.30. The Morgan fingerprint density at radius 2 is 0.361 bits per heavy atom.